The first-order valence-electron chi connectivity index (χ1n) is 6.19. The molecule has 1 aromatic heterocycles. The number of halogens is 2. The van der Waals surface area contributed by atoms with Gasteiger partial charge in [0, 0.05) is 6.42 Å². The third-order valence-corrected chi connectivity index (χ3v) is 4.52. The Hall–Kier alpha value is -1.14. The highest BCUT2D eigenvalue weighted by molar-refractivity contribution is 9.10. The molecule has 0 aliphatic carbocycles. The number of carboxylic acid groups (broad SMARTS) is 1. The Bertz CT molecular complexity index is 518. The van der Waals surface area contributed by atoms with Crippen molar-refractivity contribution < 1.29 is 14.7 Å². The lowest BCUT2D eigenvalue weighted by Gasteiger charge is -2.25. The van der Waals surface area contributed by atoms with Crippen LogP contribution in [0.5, 0.6) is 0 Å². The van der Waals surface area contributed by atoms with Crippen molar-refractivity contribution in [2.24, 2.45) is 5.41 Å². The molecule has 7 heteroatoms. The van der Waals surface area contributed by atoms with Crippen molar-refractivity contribution in [2.45, 2.75) is 33.1 Å². The number of nitrogens with zero attached hydrogens (tertiary/aromatic N) is 1. The number of carbonyl (C=O) groups is 2. The van der Waals surface area contributed by atoms with E-state index in [0.717, 1.165) is 0 Å². The number of carboxylic acids is 1. The summed E-state index contributed by atoms with van der Waals surface area (Å²) >= 11 is 8.97. The lowest BCUT2D eigenvalue weighted by atomic mass is 9.79. The summed E-state index contributed by atoms with van der Waals surface area (Å²) in [6.07, 6.45) is 2.14. The summed E-state index contributed by atoms with van der Waals surface area (Å²) in [4.78, 5) is 27.2. The van der Waals surface area contributed by atoms with E-state index in [9.17, 15) is 14.7 Å². The molecule has 20 heavy (non-hydrogen) atoms. The maximum atomic E-state index is 12.0. The number of amides is 1. The molecule has 0 fully saturated rings. The molecule has 110 valence electrons. The number of hydrogen-bond donors (Lipinski definition) is 2. The van der Waals surface area contributed by atoms with Crippen molar-refractivity contribution in [1.82, 2.24) is 4.98 Å². The molecular weight excluding hydrogens is 348 g/mol. The average molecular weight is 364 g/mol. The van der Waals surface area contributed by atoms with Gasteiger partial charge in [-0.05, 0) is 34.8 Å². The highest BCUT2D eigenvalue weighted by atomic mass is 79.9. The van der Waals surface area contributed by atoms with Crippen molar-refractivity contribution in [3.63, 3.8) is 0 Å². The van der Waals surface area contributed by atoms with Gasteiger partial charge in [-0.25, -0.2) is 4.98 Å². The van der Waals surface area contributed by atoms with E-state index in [1.807, 2.05) is 0 Å². The van der Waals surface area contributed by atoms with Crippen LogP contribution in [-0.4, -0.2) is 22.0 Å². The number of aromatic nitrogens is 1. The van der Waals surface area contributed by atoms with Gasteiger partial charge in [0.15, 0.2) is 0 Å². The third kappa shape index (κ3) is 3.93. The Morgan fingerprint density at radius 2 is 2.05 bits per heavy atom. The number of nitrogens with one attached hydrogen (secondary N) is 1. The van der Waals surface area contributed by atoms with E-state index in [1.54, 1.807) is 19.9 Å². The zero-order chi connectivity index (χ0) is 15.3. The molecule has 1 amide bonds. The Labute approximate surface area is 130 Å². The van der Waals surface area contributed by atoms with Crippen molar-refractivity contribution in [3.8, 4) is 0 Å². The van der Waals surface area contributed by atoms with Crippen molar-refractivity contribution in [3.05, 3.63) is 21.9 Å². The Morgan fingerprint density at radius 3 is 2.50 bits per heavy atom. The van der Waals surface area contributed by atoms with Crippen molar-refractivity contribution in [2.75, 3.05) is 5.32 Å². The number of aliphatic carboxylic acids is 1. The summed E-state index contributed by atoms with van der Waals surface area (Å²) in [5.74, 6) is -1.31. The molecule has 1 heterocycles. The molecule has 0 aliphatic heterocycles. The second-order valence-electron chi connectivity index (χ2n) is 4.51. The molecule has 0 saturated carbocycles. The maximum Gasteiger partial charge on any atom is 0.310 e. The standard InChI is InChI=1S/C13H16BrClN2O3/c1-3-13(4-2,12(19)20)6-10(18)17-8-5-9(14)11(15)16-7-8/h5,7H,3-4,6H2,1-2H3,(H,17,18)(H,19,20). The topological polar surface area (TPSA) is 79.3 Å². The highest BCUT2D eigenvalue weighted by Crippen LogP contribution is 2.31. The summed E-state index contributed by atoms with van der Waals surface area (Å²) < 4.78 is 0.562. The molecule has 0 aliphatic rings. The third-order valence-electron chi connectivity index (χ3n) is 3.39. The second-order valence-corrected chi connectivity index (χ2v) is 5.73. The van der Waals surface area contributed by atoms with Crippen LogP contribution in [0.4, 0.5) is 5.69 Å². The van der Waals surface area contributed by atoms with Crippen molar-refractivity contribution >= 4 is 45.1 Å². The van der Waals surface area contributed by atoms with Gasteiger partial charge in [-0.15, -0.1) is 0 Å². The highest BCUT2D eigenvalue weighted by Gasteiger charge is 2.37. The molecule has 0 radical (unpaired) electrons. The number of hydrogen-bond acceptors (Lipinski definition) is 3. The van der Waals surface area contributed by atoms with Crippen LogP contribution >= 0.6 is 27.5 Å². The quantitative estimate of drug-likeness (QED) is 0.755. The van der Waals surface area contributed by atoms with E-state index in [-0.39, 0.29) is 12.3 Å². The SMILES string of the molecule is CCC(CC)(CC(=O)Nc1cnc(Cl)c(Br)c1)C(=O)O. The first-order chi connectivity index (χ1) is 9.34. The Kier molecular flexibility index (Phi) is 5.95. The molecule has 2 N–H and O–H groups in total. The van der Waals surface area contributed by atoms with E-state index in [2.05, 4.69) is 26.2 Å². The van der Waals surface area contributed by atoms with E-state index >= 15 is 0 Å². The van der Waals surface area contributed by atoms with Crippen LogP contribution in [0.1, 0.15) is 33.1 Å². The zero-order valence-electron chi connectivity index (χ0n) is 11.2. The Morgan fingerprint density at radius 1 is 1.45 bits per heavy atom. The molecule has 0 unspecified atom stereocenters. The van der Waals surface area contributed by atoms with Gasteiger partial charge in [-0.2, -0.15) is 0 Å². The molecule has 0 atom stereocenters. The minimum absolute atomic E-state index is 0.0738. The molecule has 1 aromatic rings. The minimum Gasteiger partial charge on any atom is -0.481 e. The van der Waals surface area contributed by atoms with Gasteiger partial charge in [0.25, 0.3) is 0 Å². The minimum atomic E-state index is -1.03. The fraction of sp³-hybridized carbons (Fsp3) is 0.462. The summed E-state index contributed by atoms with van der Waals surface area (Å²) in [5.41, 5.74) is -0.556. The molecule has 0 bridgehead atoms. The van der Waals surface area contributed by atoms with Crippen LogP contribution in [0, 0.1) is 5.41 Å². The smallest absolute Gasteiger partial charge is 0.310 e. The van der Waals surface area contributed by atoms with Gasteiger partial charge in [0.2, 0.25) is 5.91 Å². The van der Waals surface area contributed by atoms with Gasteiger partial charge >= 0.3 is 5.97 Å². The molecular formula is C13H16BrClN2O3. The second kappa shape index (κ2) is 7.04. The van der Waals surface area contributed by atoms with Crippen LogP contribution in [0.3, 0.4) is 0 Å². The number of carbonyl (C=O) groups excluding carboxylic acids is 1. The van der Waals surface area contributed by atoms with Crippen LogP contribution in [0.25, 0.3) is 0 Å². The normalized spacial score (nSPS) is 11.2. The van der Waals surface area contributed by atoms with Gasteiger partial charge in [-0.1, -0.05) is 25.4 Å². The summed E-state index contributed by atoms with van der Waals surface area (Å²) in [6.45, 7) is 3.54. The van der Waals surface area contributed by atoms with Crippen LogP contribution < -0.4 is 5.32 Å². The van der Waals surface area contributed by atoms with E-state index < -0.39 is 11.4 Å². The van der Waals surface area contributed by atoms with E-state index in [0.29, 0.717) is 28.2 Å². The summed E-state index contributed by atoms with van der Waals surface area (Å²) in [6, 6.07) is 1.62. The molecule has 0 aromatic carbocycles. The first-order valence-corrected chi connectivity index (χ1v) is 7.36. The monoisotopic (exact) mass is 362 g/mol. The number of anilines is 1. The van der Waals surface area contributed by atoms with Gasteiger partial charge < -0.3 is 10.4 Å². The van der Waals surface area contributed by atoms with Crippen molar-refractivity contribution in [1.29, 1.82) is 0 Å². The molecule has 1 rings (SSSR count). The first kappa shape index (κ1) is 16.9. The fourth-order valence-corrected chi connectivity index (χ4v) is 2.33. The van der Waals surface area contributed by atoms with Crippen LogP contribution in [0.2, 0.25) is 5.15 Å². The number of rotatable bonds is 6. The van der Waals surface area contributed by atoms with Gasteiger partial charge in [-0.3, -0.25) is 9.59 Å². The zero-order valence-corrected chi connectivity index (χ0v) is 13.6. The Balaban J connectivity index is 2.80. The number of pyridine rings is 1. The summed E-state index contributed by atoms with van der Waals surface area (Å²) in [5, 5.41) is 12.2. The van der Waals surface area contributed by atoms with E-state index in [1.165, 1.54) is 6.20 Å². The fourth-order valence-electron chi connectivity index (χ4n) is 1.88. The van der Waals surface area contributed by atoms with E-state index in [4.69, 9.17) is 11.6 Å². The lowest BCUT2D eigenvalue weighted by molar-refractivity contribution is -0.151. The predicted octanol–water partition coefficient (Wildman–Crippen LogP) is 3.72. The largest absolute Gasteiger partial charge is 0.481 e. The molecule has 0 saturated heterocycles. The molecule has 0 spiro atoms. The predicted molar refractivity (Wildman–Crippen MR) is 80.8 cm³/mol. The lowest BCUT2D eigenvalue weighted by Crippen LogP contribution is -2.34. The average Bonchev–Trinajstić information content (AvgIpc) is 2.40. The molecule has 5 nitrogen and oxygen atoms in total. The van der Waals surface area contributed by atoms with Crippen LogP contribution in [-0.2, 0) is 9.59 Å². The maximum absolute atomic E-state index is 12.0. The summed E-state index contributed by atoms with van der Waals surface area (Å²) in [7, 11) is 0. The van der Waals surface area contributed by atoms with Crippen LogP contribution in [0.15, 0.2) is 16.7 Å². The van der Waals surface area contributed by atoms with Gasteiger partial charge in [0.05, 0.1) is 21.8 Å². The van der Waals surface area contributed by atoms with Gasteiger partial charge in [0.1, 0.15) is 5.15 Å².